The smallest absolute Gasteiger partial charge is 0.254 e. The van der Waals surface area contributed by atoms with Gasteiger partial charge in [0.1, 0.15) is 0 Å². The molecular formula is C11H14N2O2S. The monoisotopic (exact) mass is 238 g/mol. The van der Waals surface area contributed by atoms with Crippen molar-refractivity contribution in [3.05, 3.63) is 16.0 Å². The molecule has 3 rings (SSSR count). The predicted octanol–water partition coefficient (Wildman–Crippen LogP) is 1.30. The summed E-state index contributed by atoms with van der Waals surface area (Å²) >= 11 is 1.48. The normalized spacial score (nSPS) is 19.2. The molecule has 0 spiro atoms. The van der Waals surface area contributed by atoms with E-state index in [1.54, 1.807) is 0 Å². The summed E-state index contributed by atoms with van der Waals surface area (Å²) in [5, 5.41) is 3.63. The average Bonchev–Trinajstić information content (AvgIpc) is 2.98. The van der Waals surface area contributed by atoms with Gasteiger partial charge >= 0.3 is 0 Å². The molecule has 1 aliphatic heterocycles. The minimum Gasteiger partial charge on any atom is -0.390 e. The Bertz CT molecular complexity index is 437. The van der Waals surface area contributed by atoms with Gasteiger partial charge in [-0.3, -0.25) is 4.79 Å². The Labute approximate surface area is 97.8 Å². The highest BCUT2D eigenvalue weighted by Crippen LogP contribution is 2.34. The summed E-state index contributed by atoms with van der Waals surface area (Å²) in [7, 11) is 0. The first-order chi connectivity index (χ1) is 7.75. The molecule has 1 aromatic heterocycles. The lowest BCUT2D eigenvalue weighted by atomic mass is 10.1. The predicted molar refractivity (Wildman–Crippen MR) is 62.6 cm³/mol. The third-order valence-corrected chi connectivity index (χ3v) is 4.02. The molecular weight excluding hydrogens is 224 g/mol. The second-order valence-electron chi connectivity index (χ2n) is 4.29. The van der Waals surface area contributed by atoms with E-state index >= 15 is 0 Å². The van der Waals surface area contributed by atoms with Crippen LogP contribution < -0.4 is 11.1 Å². The summed E-state index contributed by atoms with van der Waals surface area (Å²) in [5.74, 6) is -0.000556. The van der Waals surface area contributed by atoms with E-state index in [1.165, 1.54) is 11.3 Å². The van der Waals surface area contributed by atoms with Gasteiger partial charge in [0.15, 0.2) is 0 Å². The molecule has 1 aromatic rings. The molecule has 3 N–H and O–H groups in total. The molecule has 1 amide bonds. The second-order valence-corrected chi connectivity index (χ2v) is 5.43. The Kier molecular flexibility index (Phi) is 2.37. The van der Waals surface area contributed by atoms with Crippen LogP contribution in [-0.2, 0) is 17.8 Å². The molecule has 0 atom stereocenters. The summed E-state index contributed by atoms with van der Waals surface area (Å²) in [6.45, 7) is 1.29. The van der Waals surface area contributed by atoms with E-state index in [-0.39, 0.29) is 5.91 Å². The van der Waals surface area contributed by atoms with Gasteiger partial charge in [-0.15, -0.1) is 11.3 Å². The summed E-state index contributed by atoms with van der Waals surface area (Å²) in [6.07, 6.45) is 3.00. The first-order valence-electron chi connectivity index (χ1n) is 5.54. The highest BCUT2D eigenvalue weighted by Gasteiger charge is 2.29. The molecule has 5 heteroatoms. The van der Waals surface area contributed by atoms with Crippen LogP contribution >= 0.6 is 11.3 Å². The van der Waals surface area contributed by atoms with Crippen LogP contribution in [0, 0.1) is 0 Å². The van der Waals surface area contributed by atoms with E-state index in [2.05, 4.69) is 5.32 Å². The maximum Gasteiger partial charge on any atom is 0.254 e. The number of fused-ring (bicyclic) bond motifs is 1. The van der Waals surface area contributed by atoms with Crippen molar-refractivity contribution in [1.82, 2.24) is 5.32 Å². The number of nitrogen functional groups attached to an aromatic ring is 1. The topological polar surface area (TPSA) is 64.4 Å². The van der Waals surface area contributed by atoms with Crippen molar-refractivity contribution in [2.75, 3.05) is 12.3 Å². The van der Waals surface area contributed by atoms with Crippen molar-refractivity contribution in [2.45, 2.75) is 31.9 Å². The number of hydrogen-bond donors (Lipinski definition) is 2. The molecule has 0 bridgehead atoms. The lowest BCUT2D eigenvalue weighted by Crippen LogP contribution is -2.27. The fourth-order valence-corrected chi connectivity index (χ4v) is 3.04. The number of nitrogens with one attached hydrogen (secondary N) is 1. The third-order valence-electron chi connectivity index (χ3n) is 2.99. The van der Waals surface area contributed by atoms with E-state index in [4.69, 9.17) is 10.5 Å². The fourth-order valence-electron chi connectivity index (χ4n) is 1.99. The minimum atomic E-state index is -0.000556. The number of rotatable bonds is 2. The van der Waals surface area contributed by atoms with Gasteiger partial charge in [0.2, 0.25) is 0 Å². The number of thiophene rings is 1. The molecule has 0 radical (unpaired) electrons. The van der Waals surface area contributed by atoms with Gasteiger partial charge in [-0.2, -0.15) is 0 Å². The molecule has 1 aliphatic carbocycles. The van der Waals surface area contributed by atoms with Gasteiger partial charge < -0.3 is 15.8 Å². The molecule has 0 saturated heterocycles. The zero-order valence-electron chi connectivity index (χ0n) is 8.91. The van der Waals surface area contributed by atoms with Crippen LogP contribution in [0.5, 0.6) is 0 Å². The molecule has 4 nitrogen and oxygen atoms in total. The number of anilines is 1. The van der Waals surface area contributed by atoms with Crippen LogP contribution in [0.4, 0.5) is 5.00 Å². The zero-order valence-corrected chi connectivity index (χ0v) is 9.73. The summed E-state index contributed by atoms with van der Waals surface area (Å²) in [6, 6.07) is 0.377. The van der Waals surface area contributed by atoms with Gasteiger partial charge in [0.25, 0.3) is 5.91 Å². The van der Waals surface area contributed by atoms with E-state index in [1.807, 2.05) is 0 Å². The van der Waals surface area contributed by atoms with E-state index < -0.39 is 0 Å². The zero-order chi connectivity index (χ0) is 11.1. The van der Waals surface area contributed by atoms with Gasteiger partial charge in [-0.25, -0.2) is 0 Å². The number of ether oxygens (including phenoxy) is 1. The molecule has 2 aliphatic rings. The molecule has 16 heavy (non-hydrogen) atoms. The van der Waals surface area contributed by atoms with E-state index in [9.17, 15) is 4.79 Å². The largest absolute Gasteiger partial charge is 0.390 e. The Balaban J connectivity index is 1.91. The molecule has 0 aromatic carbocycles. The molecule has 1 fully saturated rings. The van der Waals surface area contributed by atoms with Crippen LogP contribution in [0.1, 0.15) is 33.6 Å². The van der Waals surface area contributed by atoms with Crippen LogP contribution in [0.25, 0.3) is 0 Å². The number of carbonyl (C=O) groups is 1. The highest BCUT2D eigenvalue weighted by molar-refractivity contribution is 7.16. The SMILES string of the molecule is Nc1sc2c(c1C(=O)NC1CC1)CCOC2. The van der Waals surface area contributed by atoms with Crippen molar-refractivity contribution in [3.63, 3.8) is 0 Å². The Morgan fingerprint density at radius 2 is 2.31 bits per heavy atom. The summed E-state index contributed by atoms with van der Waals surface area (Å²) in [4.78, 5) is 13.1. The number of nitrogens with two attached hydrogens (primary N) is 1. The first kappa shape index (κ1) is 10.1. The van der Waals surface area contributed by atoms with Gasteiger partial charge in [0, 0.05) is 10.9 Å². The molecule has 1 saturated carbocycles. The van der Waals surface area contributed by atoms with E-state index in [0.717, 1.165) is 29.7 Å². The van der Waals surface area contributed by atoms with Crippen LogP contribution in [0.15, 0.2) is 0 Å². The van der Waals surface area contributed by atoms with Crippen molar-refractivity contribution in [2.24, 2.45) is 0 Å². The highest BCUT2D eigenvalue weighted by atomic mass is 32.1. The van der Waals surface area contributed by atoms with Crippen LogP contribution in [0.3, 0.4) is 0 Å². The maximum absolute atomic E-state index is 12.0. The standard InChI is InChI=1S/C11H14N2O2S/c12-10-9(11(14)13-6-1-2-6)7-3-4-15-5-8(7)16-10/h6H,1-5,12H2,(H,13,14). The van der Waals surface area contributed by atoms with Crippen molar-refractivity contribution in [3.8, 4) is 0 Å². The quantitative estimate of drug-likeness (QED) is 0.816. The van der Waals surface area contributed by atoms with Crippen molar-refractivity contribution in [1.29, 1.82) is 0 Å². The van der Waals surface area contributed by atoms with Crippen LogP contribution in [0.2, 0.25) is 0 Å². The lowest BCUT2D eigenvalue weighted by molar-refractivity contribution is 0.0943. The fraction of sp³-hybridized carbons (Fsp3) is 0.545. The minimum absolute atomic E-state index is 0.000556. The van der Waals surface area contributed by atoms with Gasteiger partial charge in [-0.05, 0) is 24.8 Å². The molecule has 86 valence electrons. The van der Waals surface area contributed by atoms with Crippen LogP contribution in [-0.4, -0.2) is 18.6 Å². The van der Waals surface area contributed by atoms with Crippen molar-refractivity contribution < 1.29 is 9.53 Å². The Morgan fingerprint density at radius 3 is 3.06 bits per heavy atom. The first-order valence-corrected chi connectivity index (χ1v) is 6.36. The molecule has 2 heterocycles. The van der Waals surface area contributed by atoms with Gasteiger partial charge in [-0.1, -0.05) is 0 Å². The lowest BCUT2D eigenvalue weighted by Gasteiger charge is -2.13. The number of hydrogen-bond acceptors (Lipinski definition) is 4. The second kappa shape index (κ2) is 3.75. The van der Waals surface area contributed by atoms with Crippen molar-refractivity contribution >= 4 is 22.2 Å². The third kappa shape index (κ3) is 1.70. The number of amides is 1. The summed E-state index contributed by atoms with van der Waals surface area (Å²) in [5.41, 5.74) is 7.73. The Morgan fingerprint density at radius 1 is 1.50 bits per heavy atom. The average molecular weight is 238 g/mol. The van der Waals surface area contributed by atoms with Gasteiger partial charge in [0.05, 0.1) is 23.8 Å². The molecule has 0 unspecified atom stereocenters. The number of carbonyl (C=O) groups excluding carboxylic acids is 1. The summed E-state index contributed by atoms with van der Waals surface area (Å²) < 4.78 is 5.36. The Hall–Kier alpha value is -1.07. The van der Waals surface area contributed by atoms with E-state index in [0.29, 0.717) is 29.8 Å². The maximum atomic E-state index is 12.0.